The Kier molecular flexibility index (Phi) is 4.25. The van der Waals surface area contributed by atoms with Crippen molar-refractivity contribution in [1.29, 1.82) is 0 Å². The van der Waals surface area contributed by atoms with Gasteiger partial charge < -0.3 is 0 Å². The molecule has 1 aromatic carbocycles. The SMILES string of the molecule is CC(C)N(Cc1ccccc1)S(=O)O. The van der Waals surface area contributed by atoms with Gasteiger partial charge in [0, 0.05) is 12.6 Å². The molecule has 0 heterocycles. The second-order valence-corrected chi connectivity index (χ2v) is 4.32. The molecule has 0 saturated heterocycles. The van der Waals surface area contributed by atoms with Gasteiger partial charge in [-0.05, 0) is 19.4 Å². The minimum Gasteiger partial charge on any atom is -0.294 e. The van der Waals surface area contributed by atoms with Crippen molar-refractivity contribution in [2.24, 2.45) is 0 Å². The first-order valence-corrected chi connectivity index (χ1v) is 5.59. The summed E-state index contributed by atoms with van der Waals surface area (Å²) in [6, 6.07) is 9.73. The zero-order chi connectivity index (χ0) is 10.6. The quantitative estimate of drug-likeness (QED) is 0.777. The molecule has 0 radical (unpaired) electrons. The van der Waals surface area contributed by atoms with E-state index < -0.39 is 11.3 Å². The molecule has 1 unspecified atom stereocenters. The van der Waals surface area contributed by atoms with Crippen molar-refractivity contribution in [2.45, 2.75) is 26.4 Å². The molecule has 0 aromatic heterocycles. The van der Waals surface area contributed by atoms with Gasteiger partial charge in [-0.25, -0.2) is 4.21 Å². The fraction of sp³-hybridized carbons (Fsp3) is 0.400. The van der Waals surface area contributed by atoms with Gasteiger partial charge in [-0.2, -0.15) is 4.31 Å². The van der Waals surface area contributed by atoms with Gasteiger partial charge >= 0.3 is 0 Å². The number of nitrogens with zero attached hydrogens (tertiary/aromatic N) is 1. The molecule has 0 aliphatic carbocycles. The van der Waals surface area contributed by atoms with Crippen LogP contribution >= 0.6 is 0 Å². The predicted octanol–water partition coefficient (Wildman–Crippen LogP) is 2.03. The van der Waals surface area contributed by atoms with Crippen molar-refractivity contribution >= 4 is 11.3 Å². The van der Waals surface area contributed by atoms with Gasteiger partial charge in [-0.1, -0.05) is 30.3 Å². The summed E-state index contributed by atoms with van der Waals surface area (Å²) < 4.78 is 21.5. The van der Waals surface area contributed by atoms with Gasteiger partial charge in [0.1, 0.15) is 0 Å². The van der Waals surface area contributed by atoms with E-state index in [2.05, 4.69) is 0 Å². The van der Waals surface area contributed by atoms with E-state index in [1.54, 1.807) is 0 Å². The van der Waals surface area contributed by atoms with Crippen molar-refractivity contribution < 1.29 is 8.76 Å². The maximum absolute atomic E-state index is 11.0. The van der Waals surface area contributed by atoms with Gasteiger partial charge in [0.05, 0.1) is 0 Å². The molecule has 14 heavy (non-hydrogen) atoms. The molecule has 1 atom stereocenters. The summed E-state index contributed by atoms with van der Waals surface area (Å²) in [6.45, 7) is 4.30. The Morgan fingerprint density at radius 1 is 1.36 bits per heavy atom. The maximum Gasteiger partial charge on any atom is 0.235 e. The van der Waals surface area contributed by atoms with Crippen LogP contribution in [-0.4, -0.2) is 19.1 Å². The molecular weight excluding hydrogens is 198 g/mol. The second-order valence-electron chi connectivity index (χ2n) is 3.39. The first-order valence-electron chi connectivity index (χ1n) is 4.53. The third kappa shape index (κ3) is 3.21. The first-order chi connectivity index (χ1) is 6.61. The van der Waals surface area contributed by atoms with E-state index in [4.69, 9.17) is 4.55 Å². The lowest BCUT2D eigenvalue weighted by Crippen LogP contribution is -2.31. The van der Waals surface area contributed by atoms with Crippen LogP contribution in [0.2, 0.25) is 0 Å². The minimum absolute atomic E-state index is 0.0565. The Morgan fingerprint density at radius 2 is 1.93 bits per heavy atom. The van der Waals surface area contributed by atoms with Gasteiger partial charge in [0.2, 0.25) is 11.3 Å². The molecule has 0 saturated carbocycles. The molecule has 0 aliphatic rings. The summed E-state index contributed by atoms with van der Waals surface area (Å²) in [5.41, 5.74) is 1.05. The van der Waals surface area contributed by atoms with Gasteiger partial charge in [0.25, 0.3) is 0 Å². The molecule has 1 N–H and O–H groups in total. The third-order valence-corrected chi connectivity index (χ3v) is 2.91. The summed E-state index contributed by atoms with van der Waals surface area (Å²) in [5, 5.41) is 0. The standard InChI is InChI=1S/C10H15NO2S/c1-9(2)11(14(12)13)8-10-6-4-3-5-7-10/h3-7,9H,8H2,1-2H3,(H,12,13). The van der Waals surface area contributed by atoms with E-state index in [9.17, 15) is 4.21 Å². The van der Waals surface area contributed by atoms with E-state index in [0.29, 0.717) is 6.54 Å². The van der Waals surface area contributed by atoms with Crippen molar-refractivity contribution in [2.75, 3.05) is 0 Å². The summed E-state index contributed by atoms with van der Waals surface area (Å²) in [4.78, 5) is 0. The largest absolute Gasteiger partial charge is 0.294 e. The molecule has 0 fully saturated rings. The zero-order valence-corrected chi connectivity index (χ0v) is 9.20. The van der Waals surface area contributed by atoms with E-state index in [-0.39, 0.29) is 6.04 Å². The highest BCUT2D eigenvalue weighted by Crippen LogP contribution is 2.09. The normalized spacial score (nSPS) is 13.5. The molecule has 0 spiro atoms. The van der Waals surface area contributed by atoms with Crippen molar-refractivity contribution in [3.8, 4) is 0 Å². The molecule has 78 valence electrons. The van der Waals surface area contributed by atoms with Crippen LogP contribution in [0.5, 0.6) is 0 Å². The van der Waals surface area contributed by atoms with Crippen molar-refractivity contribution in [3.05, 3.63) is 35.9 Å². The summed E-state index contributed by atoms with van der Waals surface area (Å²) in [6.07, 6.45) is 0. The Balaban J connectivity index is 2.70. The van der Waals surface area contributed by atoms with Crippen LogP contribution in [0.3, 0.4) is 0 Å². The summed E-state index contributed by atoms with van der Waals surface area (Å²) in [5.74, 6) is 0. The number of hydrogen-bond acceptors (Lipinski definition) is 1. The van der Waals surface area contributed by atoms with Crippen LogP contribution in [0.15, 0.2) is 30.3 Å². The van der Waals surface area contributed by atoms with E-state index in [0.717, 1.165) is 5.56 Å². The van der Waals surface area contributed by atoms with Gasteiger partial charge in [-0.3, -0.25) is 4.55 Å². The van der Waals surface area contributed by atoms with Crippen LogP contribution in [0.4, 0.5) is 0 Å². The van der Waals surface area contributed by atoms with Crippen LogP contribution in [0.25, 0.3) is 0 Å². The van der Waals surface area contributed by atoms with Crippen LogP contribution in [0, 0.1) is 0 Å². The Hall–Kier alpha value is -0.710. The molecule has 1 aromatic rings. The molecule has 0 bridgehead atoms. The second kappa shape index (κ2) is 5.24. The number of rotatable bonds is 4. The van der Waals surface area contributed by atoms with Crippen molar-refractivity contribution in [3.63, 3.8) is 0 Å². The fourth-order valence-corrected chi connectivity index (χ4v) is 1.80. The molecule has 1 rings (SSSR count). The topological polar surface area (TPSA) is 40.5 Å². The number of benzene rings is 1. The zero-order valence-electron chi connectivity index (χ0n) is 8.38. The average Bonchev–Trinajstić information content (AvgIpc) is 2.15. The Labute approximate surface area is 87.2 Å². The molecule has 0 aliphatic heterocycles. The smallest absolute Gasteiger partial charge is 0.235 e. The van der Waals surface area contributed by atoms with E-state index in [1.165, 1.54) is 4.31 Å². The van der Waals surface area contributed by atoms with Gasteiger partial charge in [0.15, 0.2) is 0 Å². The highest BCUT2D eigenvalue weighted by molar-refractivity contribution is 7.76. The van der Waals surface area contributed by atoms with Crippen LogP contribution in [0.1, 0.15) is 19.4 Å². The van der Waals surface area contributed by atoms with Crippen LogP contribution in [-0.2, 0) is 17.8 Å². The molecule has 4 heteroatoms. The van der Waals surface area contributed by atoms with E-state index >= 15 is 0 Å². The monoisotopic (exact) mass is 213 g/mol. The van der Waals surface area contributed by atoms with E-state index in [1.807, 2.05) is 44.2 Å². The Morgan fingerprint density at radius 3 is 2.36 bits per heavy atom. The Bertz CT molecular complexity index is 300. The molecular formula is C10H15NO2S. The number of hydrogen-bond donors (Lipinski definition) is 1. The summed E-state index contributed by atoms with van der Waals surface area (Å²) in [7, 11) is 0. The first kappa shape index (κ1) is 11.4. The predicted molar refractivity (Wildman–Crippen MR) is 57.9 cm³/mol. The van der Waals surface area contributed by atoms with Crippen molar-refractivity contribution in [1.82, 2.24) is 4.31 Å². The molecule has 3 nitrogen and oxygen atoms in total. The fourth-order valence-electron chi connectivity index (χ4n) is 1.18. The lowest BCUT2D eigenvalue weighted by Gasteiger charge is -2.21. The highest BCUT2D eigenvalue weighted by Gasteiger charge is 2.14. The lowest BCUT2D eigenvalue weighted by atomic mass is 10.2. The minimum atomic E-state index is -1.90. The average molecular weight is 213 g/mol. The lowest BCUT2D eigenvalue weighted by molar-refractivity contribution is 0.338. The highest BCUT2D eigenvalue weighted by atomic mass is 32.2. The van der Waals surface area contributed by atoms with Gasteiger partial charge in [-0.15, -0.1) is 0 Å². The van der Waals surface area contributed by atoms with Crippen LogP contribution < -0.4 is 0 Å². The maximum atomic E-state index is 11.0. The molecule has 0 amide bonds. The third-order valence-electron chi connectivity index (χ3n) is 1.96. The summed E-state index contributed by atoms with van der Waals surface area (Å²) >= 11 is -1.90.